The van der Waals surface area contributed by atoms with Gasteiger partial charge in [0.05, 0.1) is 0 Å². The SMILES string of the molecule is CCCC(=O)[O-].CCOC(C)OCC. The topological polar surface area (TPSA) is 58.6 Å². The molecule has 0 aromatic carbocycles. The zero-order valence-corrected chi connectivity index (χ0v) is 9.54. The standard InChI is InChI=1S/C6H14O2.C4H8O2/c1-4-7-6(3)8-5-2;1-2-3-4(5)6/h6H,4-5H2,1-3H3;2-3H2,1H3,(H,5,6)/p-1. The molecule has 0 heterocycles. The van der Waals surface area contributed by atoms with Crippen molar-refractivity contribution in [2.45, 2.75) is 46.8 Å². The molecule has 0 N–H and O–H groups in total. The van der Waals surface area contributed by atoms with Gasteiger partial charge in [0.15, 0.2) is 6.29 Å². The second kappa shape index (κ2) is 12.4. The molecule has 0 atom stereocenters. The Morgan fingerprint density at radius 3 is 1.79 bits per heavy atom. The Morgan fingerprint density at radius 1 is 1.21 bits per heavy atom. The number of carboxylic acids is 1. The minimum atomic E-state index is -0.961. The molecular formula is C10H21O4-. The van der Waals surface area contributed by atoms with E-state index in [4.69, 9.17) is 9.47 Å². The molecular weight excluding hydrogens is 184 g/mol. The summed E-state index contributed by atoms with van der Waals surface area (Å²) in [4.78, 5) is 9.49. The normalized spacial score (nSPS) is 9.50. The molecule has 0 unspecified atom stereocenters. The number of rotatable bonds is 6. The highest BCUT2D eigenvalue weighted by Gasteiger charge is 1.94. The lowest BCUT2D eigenvalue weighted by atomic mass is 10.4. The van der Waals surface area contributed by atoms with E-state index < -0.39 is 5.97 Å². The number of carboxylic acid groups (broad SMARTS) is 1. The predicted molar refractivity (Wildman–Crippen MR) is 52.6 cm³/mol. The molecule has 0 saturated heterocycles. The maximum Gasteiger partial charge on any atom is 0.154 e. The summed E-state index contributed by atoms with van der Waals surface area (Å²) in [6, 6.07) is 0. The van der Waals surface area contributed by atoms with Crippen LogP contribution < -0.4 is 5.11 Å². The molecule has 0 amide bonds. The summed E-state index contributed by atoms with van der Waals surface area (Å²) in [5.41, 5.74) is 0. The van der Waals surface area contributed by atoms with E-state index in [0.717, 1.165) is 13.2 Å². The average Bonchev–Trinajstić information content (AvgIpc) is 2.05. The smallest absolute Gasteiger partial charge is 0.154 e. The Hall–Kier alpha value is -0.610. The van der Waals surface area contributed by atoms with Gasteiger partial charge in [0.2, 0.25) is 0 Å². The lowest BCUT2D eigenvalue weighted by Crippen LogP contribution is -2.20. The second-order valence-electron chi connectivity index (χ2n) is 2.60. The maximum absolute atomic E-state index is 9.49. The van der Waals surface area contributed by atoms with Crippen molar-refractivity contribution < 1.29 is 19.4 Å². The summed E-state index contributed by atoms with van der Waals surface area (Å²) in [6.07, 6.45) is 0.812. The van der Waals surface area contributed by atoms with Gasteiger partial charge in [-0.25, -0.2) is 0 Å². The van der Waals surface area contributed by atoms with Gasteiger partial charge in [0.25, 0.3) is 0 Å². The van der Waals surface area contributed by atoms with E-state index in [1.807, 2.05) is 20.8 Å². The van der Waals surface area contributed by atoms with Crippen molar-refractivity contribution >= 4 is 5.97 Å². The van der Waals surface area contributed by atoms with Gasteiger partial charge >= 0.3 is 0 Å². The summed E-state index contributed by atoms with van der Waals surface area (Å²) >= 11 is 0. The lowest BCUT2D eigenvalue weighted by Gasteiger charge is -2.09. The van der Waals surface area contributed by atoms with Crippen LogP contribution in [0.3, 0.4) is 0 Å². The molecule has 0 aromatic rings. The van der Waals surface area contributed by atoms with E-state index >= 15 is 0 Å². The van der Waals surface area contributed by atoms with Crippen LogP contribution in [-0.2, 0) is 14.3 Å². The van der Waals surface area contributed by atoms with Crippen molar-refractivity contribution in [2.24, 2.45) is 0 Å². The number of ether oxygens (including phenoxy) is 2. The fourth-order valence-corrected chi connectivity index (χ4v) is 0.722. The monoisotopic (exact) mass is 205 g/mol. The van der Waals surface area contributed by atoms with E-state index in [-0.39, 0.29) is 12.7 Å². The molecule has 4 nitrogen and oxygen atoms in total. The molecule has 0 bridgehead atoms. The molecule has 0 aliphatic heterocycles. The molecule has 0 saturated carbocycles. The molecule has 0 spiro atoms. The first-order valence-corrected chi connectivity index (χ1v) is 5.01. The third-order valence-corrected chi connectivity index (χ3v) is 1.26. The van der Waals surface area contributed by atoms with Crippen LogP contribution in [0.25, 0.3) is 0 Å². The average molecular weight is 205 g/mol. The maximum atomic E-state index is 9.49. The molecule has 0 fully saturated rings. The van der Waals surface area contributed by atoms with Crippen LogP contribution in [0.1, 0.15) is 40.5 Å². The fraction of sp³-hybridized carbons (Fsp3) is 0.900. The van der Waals surface area contributed by atoms with Crippen LogP contribution in [-0.4, -0.2) is 25.5 Å². The van der Waals surface area contributed by atoms with E-state index in [0.29, 0.717) is 6.42 Å². The van der Waals surface area contributed by atoms with Gasteiger partial charge in [-0.3, -0.25) is 0 Å². The largest absolute Gasteiger partial charge is 0.550 e. The first kappa shape index (κ1) is 15.8. The number of carbonyl (C=O) groups excluding carboxylic acids is 1. The number of carbonyl (C=O) groups is 1. The number of hydrogen-bond acceptors (Lipinski definition) is 4. The summed E-state index contributed by atoms with van der Waals surface area (Å²) in [5, 5.41) is 9.49. The van der Waals surface area contributed by atoms with Gasteiger partial charge < -0.3 is 19.4 Å². The van der Waals surface area contributed by atoms with E-state index in [1.54, 1.807) is 6.92 Å². The van der Waals surface area contributed by atoms with Crippen molar-refractivity contribution in [2.75, 3.05) is 13.2 Å². The summed E-state index contributed by atoms with van der Waals surface area (Å²) in [5.74, 6) is -0.961. The van der Waals surface area contributed by atoms with Crippen molar-refractivity contribution in [3.63, 3.8) is 0 Å². The third-order valence-electron chi connectivity index (χ3n) is 1.26. The number of aliphatic carboxylic acids is 1. The van der Waals surface area contributed by atoms with Crippen molar-refractivity contribution in [3.05, 3.63) is 0 Å². The van der Waals surface area contributed by atoms with Gasteiger partial charge in [-0.15, -0.1) is 0 Å². The van der Waals surface area contributed by atoms with Crippen LogP contribution in [0.4, 0.5) is 0 Å². The third kappa shape index (κ3) is 17.5. The minimum absolute atomic E-state index is 0.0370. The first-order chi connectivity index (χ1) is 6.58. The molecule has 0 aromatic heterocycles. The molecule has 14 heavy (non-hydrogen) atoms. The van der Waals surface area contributed by atoms with Crippen LogP contribution in [0.2, 0.25) is 0 Å². The highest BCUT2D eigenvalue weighted by molar-refractivity contribution is 5.63. The molecule has 0 radical (unpaired) electrons. The Bertz CT molecular complexity index is 119. The Kier molecular flexibility index (Phi) is 14.0. The summed E-state index contributed by atoms with van der Waals surface area (Å²) in [7, 11) is 0. The quantitative estimate of drug-likeness (QED) is 0.605. The molecule has 0 rings (SSSR count). The summed E-state index contributed by atoms with van der Waals surface area (Å²) in [6.45, 7) is 9.05. The van der Waals surface area contributed by atoms with Gasteiger partial charge in [-0.1, -0.05) is 13.3 Å². The van der Waals surface area contributed by atoms with Gasteiger partial charge in [0, 0.05) is 19.2 Å². The second-order valence-corrected chi connectivity index (χ2v) is 2.60. The van der Waals surface area contributed by atoms with E-state index in [9.17, 15) is 9.90 Å². The molecule has 86 valence electrons. The first-order valence-electron chi connectivity index (χ1n) is 5.01. The highest BCUT2D eigenvalue weighted by Crippen LogP contribution is 1.90. The Balaban J connectivity index is 0. The van der Waals surface area contributed by atoms with Gasteiger partial charge in [-0.05, 0) is 27.2 Å². The van der Waals surface area contributed by atoms with E-state index in [2.05, 4.69) is 0 Å². The van der Waals surface area contributed by atoms with E-state index in [1.165, 1.54) is 0 Å². The van der Waals surface area contributed by atoms with Gasteiger partial charge in [-0.2, -0.15) is 0 Å². The molecule has 0 aliphatic rings. The fourth-order valence-electron chi connectivity index (χ4n) is 0.722. The highest BCUT2D eigenvalue weighted by atomic mass is 16.7. The molecule has 4 heteroatoms. The van der Waals surface area contributed by atoms with Crippen LogP contribution in [0.15, 0.2) is 0 Å². The van der Waals surface area contributed by atoms with Crippen LogP contribution >= 0.6 is 0 Å². The van der Waals surface area contributed by atoms with Crippen molar-refractivity contribution in [1.82, 2.24) is 0 Å². The zero-order chi connectivity index (χ0) is 11.4. The predicted octanol–water partition coefficient (Wildman–Crippen LogP) is 0.942. The van der Waals surface area contributed by atoms with Gasteiger partial charge in [0.1, 0.15) is 0 Å². The van der Waals surface area contributed by atoms with Crippen molar-refractivity contribution in [1.29, 1.82) is 0 Å². The lowest BCUT2D eigenvalue weighted by molar-refractivity contribution is -0.305. The Morgan fingerprint density at radius 2 is 1.64 bits per heavy atom. The zero-order valence-electron chi connectivity index (χ0n) is 9.54. The van der Waals surface area contributed by atoms with Crippen LogP contribution in [0.5, 0.6) is 0 Å². The van der Waals surface area contributed by atoms with Crippen molar-refractivity contribution in [3.8, 4) is 0 Å². The summed E-state index contributed by atoms with van der Waals surface area (Å²) < 4.78 is 10.1. The van der Waals surface area contributed by atoms with Crippen LogP contribution in [0, 0.1) is 0 Å². The Labute approximate surface area is 86.2 Å². The number of hydrogen-bond donors (Lipinski definition) is 0. The minimum Gasteiger partial charge on any atom is -0.550 e. The molecule has 0 aliphatic carbocycles.